The zero-order valence-electron chi connectivity index (χ0n) is 10.1. The van der Waals surface area contributed by atoms with Crippen LogP contribution < -0.4 is 5.32 Å². The van der Waals surface area contributed by atoms with Crippen molar-refractivity contribution >= 4 is 21.8 Å². The van der Waals surface area contributed by atoms with Crippen LogP contribution in [0.25, 0.3) is 0 Å². The molecule has 0 saturated carbocycles. The lowest BCUT2D eigenvalue weighted by molar-refractivity contribution is 0.0952. The fourth-order valence-corrected chi connectivity index (χ4v) is 1.71. The fraction of sp³-hybridized carbons (Fsp3) is 0.462. The van der Waals surface area contributed by atoms with Gasteiger partial charge in [-0.3, -0.25) is 4.79 Å². The SMILES string of the molecule is CCC(Br)CCNC(=O)c1cc(F)ccc1C. The van der Waals surface area contributed by atoms with Crippen LogP contribution in [0.4, 0.5) is 4.39 Å². The molecule has 4 heteroatoms. The van der Waals surface area contributed by atoms with E-state index in [1.807, 2.05) is 0 Å². The molecule has 0 aliphatic carbocycles. The van der Waals surface area contributed by atoms with Gasteiger partial charge in [0.25, 0.3) is 5.91 Å². The van der Waals surface area contributed by atoms with E-state index in [9.17, 15) is 9.18 Å². The largest absolute Gasteiger partial charge is 0.352 e. The molecule has 0 fully saturated rings. The van der Waals surface area contributed by atoms with Crippen molar-refractivity contribution in [1.82, 2.24) is 5.32 Å². The van der Waals surface area contributed by atoms with Crippen molar-refractivity contribution in [1.29, 1.82) is 0 Å². The van der Waals surface area contributed by atoms with Crippen LogP contribution in [0.2, 0.25) is 0 Å². The van der Waals surface area contributed by atoms with Crippen LogP contribution in [-0.2, 0) is 0 Å². The van der Waals surface area contributed by atoms with Crippen LogP contribution in [-0.4, -0.2) is 17.3 Å². The van der Waals surface area contributed by atoms with E-state index < -0.39 is 0 Å². The molecule has 0 aliphatic heterocycles. The Labute approximate surface area is 110 Å². The fourth-order valence-electron chi connectivity index (χ4n) is 1.48. The number of carbonyl (C=O) groups excluding carboxylic acids is 1. The lowest BCUT2D eigenvalue weighted by atomic mass is 10.1. The Balaban J connectivity index is 2.55. The number of carbonyl (C=O) groups is 1. The van der Waals surface area contributed by atoms with Crippen LogP contribution >= 0.6 is 15.9 Å². The van der Waals surface area contributed by atoms with E-state index >= 15 is 0 Å². The highest BCUT2D eigenvalue weighted by atomic mass is 79.9. The molecule has 0 aliphatic rings. The highest BCUT2D eigenvalue weighted by Crippen LogP contribution is 2.11. The third kappa shape index (κ3) is 4.46. The Kier molecular flexibility index (Phi) is 5.62. The molecule has 0 aromatic heterocycles. The van der Waals surface area contributed by atoms with Gasteiger partial charge in [0.05, 0.1) is 0 Å². The van der Waals surface area contributed by atoms with E-state index in [0.29, 0.717) is 16.9 Å². The first-order valence-electron chi connectivity index (χ1n) is 5.73. The number of nitrogens with one attached hydrogen (secondary N) is 1. The van der Waals surface area contributed by atoms with Gasteiger partial charge >= 0.3 is 0 Å². The second-order valence-electron chi connectivity index (χ2n) is 4.01. The minimum atomic E-state index is -0.382. The van der Waals surface area contributed by atoms with Gasteiger partial charge in [-0.2, -0.15) is 0 Å². The van der Waals surface area contributed by atoms with Crippen LogP contribution in [0.1, 0.15) is 35.7 Å². The molecule has 0 saturated heterocycles. The number of hydrogen-bond acceptors (Lipinski definition) is 1. The van der Waals surface area contributed by atoms with E-state index in [1.54, 1.807) is 13.0 Å². The van der Waals surface area contributed by atoms with Crippen molar-refractivity contribution in [3.63, 3.8) is 0 Å². The Morgan fingerprint density at radius 2 is 2.24 bits per heavy atom. The molecule has 0 bridgehead atoms. The smallest absolute Gasteiger partial charge is 0.251 e. The summed E-state index contributed by atoms with van der Waals surface area (Å²) in [6.45, 7) is 4.48. The van der Waals surface area contributed by atoms with E-state index in [2.05, 4.69) is 28.2 Å². The summed E-state index contributed by atoms with van der Waals surface area (Å²) < 4.78 is 13.0. The predicted molar refractivity (Wildman–Crippen MR) is 71.1 cm³/mol. The van der Waals surface area contributed by atoms with Crippen molar-refractivity contribution in [3.05, 3.63) is 35.1 Å². The average molecular weight is 302 g/mol. The monoisotopic (exact) mass is 301 g/mol. The topological polar surface area (TPSA) is 29.1 Å². The Bertz CT molecular complexity index is 395. The molecule has 0 heterocycles. The molecule has 17 heavy (non-hydrogen) atoms. The number of halogens is 2. The molecule has 1 rings (SSSR count). The zero-order chi connectivity index (χ0) is 12.8. The molecule has 1 aromatic carbocycles. The molecule has 1 atom stereocenters. The van der Waals surface area contributed by atoms with Gasteiger partial charge in [-0.15, -0.1) is 0 Å². The zero-order valence-corrected chi connectivity index (χ0v) is 11.7. The van der Waals surface area contributed by atoms with Gasteiger partial charge in [0, 0.05) is 16.9 Å². The van der Waals surface area contributed by atoms with E-state index in [4.69, 9.17) is 0 Å². The summed E-state index contributed by atoms with van der Waals surface area (Å²) >= 11 is 3.50. The Hall–Kier alpha value is -0.900. The minimum Gasteiger partial charge on any atom is -0.352 e. The van der Waals surface area contributed by atoms with Gasteiger partial charge in [-0.25, -0.2) is 4.39 Å². The lowest BCUT2D eigenvalue weighted by Gasteiger charge is -2.09. The standard InChI is InChI=1S/C13H17BrFNO/c1-3-10(14)6-7-16-13(17)12-8-11(15)5-4-9(12)2/h4-5,8,10H,3,6-7H2,1-2H3,(H,16,17). The molecule has 1 unspecified atom stereocenters. The predicted octanol–water partition coefficient (Wildman–Crippen LogP) is 3.43. The van der Waals surface area contributed by atoms with E-state index in [-0.39, 0.29) is 11.7 Å². The van der Waals surface area contributed by atoms with Gasteiger partial charge in [-0.05, 0) is 37.5 Å². The normalized spacial score (nSPS) is 12.2. The Morgan fingerprint density at radius 3 is 2.88 bits per heavy atom. The second kappa shape index (κ2) is 6.74. The quantitative estimate of drug-likeness (QED) is 0.830. The lowest BCUT2D eigenvalue weighted by Crippen LogP contribution is -2.26. The van der Waals surface area contributed by atoms with Crippen LogP contribution in [0.3, 0.4) is 0 Å². The molecule has 1 N–H and O–H groups in total. The highest BCUT2D eigenvalue weighted by Gasteiger charge is 2.10. The second-order valence-corrected chi connectivity index (χ2v) is 5.30. The summed E-state index contributed by atoms with van der Waals surface area (Å²) in [5, 5.41) is 2.80. The number of amides is 1. The van der Waals surface area contributed by atoms with Crippen molar-refractivity contribution in [2.24, 2.45) is 0 Å². The van der Waals surface area contributed by atoms with Crippen molar-refractivity contribution in [3.8, 4) is 0 Å². The summed E-state index contributed by atoms with van der Waals surface area (Å²) in [7, 11) is 0. The van der Waals surface area contributed by atoms with Crippen molar-refractivity contribution in [2.45, 2.75) is 31.5 Å². The molecule has 0 spiro atoms. The molecule has 0 radical (unpaired) electrons. The summed E-state index contributed by atoms with van der Waals surface area (Å²) in [4.78, 5) is 12.2. The third-order valence-electron chi connectivity index (χ3n) is 2.63. The maximum absolute atomic E-state index is 13.0. The summed E-state index contributed by atoms with van der Waals surface area (Å²) in [5.41, 5.74) is 1.20. The molecule has 94 valence electrons. The minimum absolute atomic E-state index is 0.210. The molecular weight excluding hydrogens is 285 g/mol. The van der Waals surface area contributed by atoms with Crippen molar-refractivity contribution in [2.75, 3.05) is 6.54 Å². The van der Waals surface area contributed by atoms with Gasteiger partial charge in [0.2, 0.25) is 0 Å². The van der Waals surface area contributed by atoms with E-state index in [0.717, 1.165) is 18.4 Å². The van der Waals surface area contributed by atoms with E-state index in [1.165, 1.54) is 12.1 Å². The molecule has 1 amide bonds. The number of benzene rings is 1. The first kappa shape index (κ1) is 14.2. The number of aryl methyl sites for hydroxylation is 1. The van der Waals surface area contributed by atoms with Crippen LogP contribution in [0.5, 0.6) is 0 Å². The number of alkyl halides is 1. The summed E-state index contributed by atoms with van der Waals surface area (Å²) in [6.07, 6.45) is 1.89. The number of rotatable bonds is 5. The highest BCUT2D eigenvalue weighted by molar-refractivity contribution is 9.09. The maximum Gasteiger partial charge on any atom is 0.251 e. The Morgan fingerprint density at radius 1 is 1.53 bits per heavy atom. The van der Waals surface area contributed by atoms with Gasteiger partial charge in [-0.1, -0.05) is 28.9 Å². The summed E-state index contributed by atoms with van der Waals surface area (Å²) in [5.74, 6) is -0.592. The third-order valence-corrected chi connectivity index (χ3v) is 3.74. The van der Waals surface area contributed by atoms with Gasteiger partial charge in [0.15, 0.2) is 0 Å². The number of hydrogen-bond donors (Lipinski definition) is 1. The first-order valence-corrected chi connectivity index (χ1v) is 6.64. The average Bonchev–Trinajstić information content (AvgIpc) is 2.31. The summed E-state index contributed by atoms with van der Waals surface area (Å²) in [6, 6.07) is 4.25. The van der Waals surface area contributed by atoms with Crippen LogP contribution in [0.15, 0.2) is 18.2 Å². The van der Waals surface area contributed by atoms with Crippen LogP contribution in [0, 0.1) is 12.7 Å². The maximum atomic E-state index is 13.0. The van der Waals surface area contributed by atoms with Crippen molar-refractivity contribution < 1.29 is 9.18 Å². The molecule has 1 aromatic rings. The molecule has 2 nitrogen and oxygen atoms in total. The molecular formula is C13H17BrFNO. The van der Waals surface area contributed by atoms with Gasteiger partial charge < -0.3 is 5.32 Å². The first-order chi connectivity index (χ1) is 8.04. The van der Waals surface area contributed by atoms with Gasteiger partial charge in [0.1, 0.15) is 5.82 Å².